The average molecular weight is 260 g/mol. The SMILES string of the molecule is CNC(C)CCc1cc(F)cc(Br)c1. The van der Waals surface area contributed by atoms with Crippen molar-refractivity contribution in [3.63, 3.8) is 0 Å². The number of hydrogen-bond acceptors (Lipinski definition) is 1. The Balaban J connectivity index is 2.58. The van der Waals surface area contributed by atoms with Gasteiger partial charge < -0.3 is 5.32 Å². The fraction of sp³-hybridized carbons (Fsp3) is 0.455. The smallest absolute Gasteiger partial charge is 0.124 e. The van der Waals surface area contributed by atoms with E-state index in [4.69, 9.17) is 0 Å². The zero-order chi connectivity index (χ0) is 10.6. The Labute approximate surface area is 92.8 Å². The fourth-order valence-corrected chi connectivity index (χ4v) is 1.80. The third-order valence-corrected chi connectivity index (χ3v) is 2.74. The highest BCUT2D eigenvalue weighted by Gasteiger charge is 2.02. The molecule has 0 amide bonds. The lowest BCUT2D eigenvalue weighted by Gasteiger charge is -2.09. The predicted molar refractivity (Wildman–Crippen MR) is 60.9 cm³/mol. The largest absolute Gasteiger partial charge is 0.317 e. The van der Waals surface area contributed by atoms with Crippen LogP contribution < -0.4 is 5.32 Å². The molecule has 0 saturated carbocycles. The van der Waals surface area contributed by atoms with E-state index in [1.807, 2.05) is 13.1 Å². The molecule has 0 saturated heterocycles. The Morgan fingerprint density at radius 1 is 1.43 bits per heavy atom. The van der Waals surface area contributed by atoms with Crippen molar-refractivity contribution in [2.45, 2.75) is 25.8 Å². The molecule has 0 aromatic heterocycles. The summed E-state index contributed by atoms with van der Waals surface area (Å²) in [6, 6.07) is 5.50. The van der Waals surface area contributed by atoms with Crippen molar-refractivity contribution in [1.82, 2.24) is 5.32 Å². The van der Waals surface area contributed by atoms with Crippen molar-refractivity contribution >= 4 is 15.9 Å². The standard InChI is InChI=1S/C11H15BrFN/c1-8(14-2)3-4-9-5-10(12)7-11(13)6-9/h5-8,14H,3-4H2,1-2H3. The Morgan fingerprint density at radius 3 is 2.71 bits per heavy atom. The molecule has 0 spiro atoms. The summed E-state index contributed by atoms with van der Waals surface area (Å²) in [6.45, 7) is 2.12. The molecule has 78 valence electrons. The molecule has 1 N–H and O–H groups in total. The molecule has 14 heavy (non-hydrogen) atoms. The topological polar surface area (TPSA) is 12.0 Å². The highest BCUT2D eigenvalue weighted by molar-refractivity contribution is 9.10. The maximum atomic E-state index is 13.0. The lowest BCUT2D eigenvalue weighted by Crippen LogP contribution is -2.21. The number of nitrogens with one attached hydrogen (secondary N) is 1. The Hall–Kier alpha value is -0.410. The molecular formula is C11H15BrFN. The predicted octanol–water partition coefficient (Wildman–Crippen LogP) is 3.13. The van der Waals surface area contributed by atoms with Crippen LogP contribution in [0.5, 0.6) is 0 Å². The third kappa shape index (κ3) is 3.76. The minimum absolute atomic E-state index is 0.175. The van der Waals surface area contributed by atoms with Gasteiger partial charge in [-0.15, -0.1) is 0 Å². The first-order valence-corrected chi connectivity index (χ1v) is 5.53. The van der Waals surface area contributed by atoms with Gasteiger partial charge in [-0.2, -0.15) is 0 Å². The lowest BCUT2D eigenvalue weighted by atomic mass is 10.1. The van der Waals surface area contributed by atoms with Crippen LogP contribution in [0, 0.1) is 5.82 Å². The van der Waals surface area contributed by atoms with Crippen LogP contribution in [-0.2, 0) is 6.42 Å². The summed E-state index contributed by atoms with van der Waals surface area (Å²) in [7, 11) is 1.94. The first-order valence-electron chi connectivity index (χ1n) is 4.74. The Morgan fingerprint density at radius 2 is 2.14 bits per heavy atom. The summed E-state index contributed by atoms with van der Waals surface area (Å²) in [5.41, 5.74) is 1.04. The number of rotatable bonds is 4. The first kappa shape index (κ1) is 11.7. The molecule has 0 heterocycles. The summed E-state index contributed by atoms with van der Waals surface area (Å²) in [5.74, 6) is -0.175. The van der Waals surface area contributed by atoms with Crippen molar-refractivity contribution in [2.75, 3.05) is 7.05 Å². The summed E-state index contributed by atoms with van der Waals surface area (Å²) in [4.78, 5) is 0. The van der Waals surface area contributed by atoms with Gasteiger partial charge in [0.15, 0.2) is 0 Å². The highest BCUT2D eigenvalue weighted by atomic mass is 79.9. The summed E-state index contributed by atoms with van der Waals surface area (Å²) in [5, 5.41) is 3.16. The van der Waals surface area contributed by atoms with E-state index in [9.17, 15) is 4.39 Å². The number of aryl methyl sites for hydroxylation is 1. The van der Waals surface area contributed by atoms with Gasteiger partial charge in [0.05, 0.1) is 0 Å². The maximum absolute atomic E-state index is 13.0. The third-order valence-electron chi connectivity index (χ3n) is 2.28. The van der Waals surface area contributed by atoms with Gasteiger partial charge in [0, 0.05) is 10.5 Å². The van der Waals surface area contributed by atoms with Crippen LogP contribution >= 0.6 is 15.9 Å². The molecule has 0 fully saturated rings. The molecule has 0 aliphatic heterocycles. The van der Waals surface area contributed by atoms with Gasteiger partial charge in [0.1, 0.15) is 5.82 Å². The van der Waals surface area contributed by atoms with Crippen LogP contribution in [0.15, 0.2) is 22.7 Å². The zero-order valence-electron chi connectivity index (χ0n) is 8.48. The van der Waals surface area contributed by atoms with E-state index >= 15 is 0 Å². The molecule has 1 aromatic carbocycles. The number of hydrogen-bond donors (Lipinski definition) is 1. The molecule has 1 rings (SSSR count). The van der Waals surface area contributed by atoms with Gasteiger partial charge in [-0.3, -0.25) is 0 Å². The number of halogens is 2. The van der Waals surface area contributed by atoms with Gasteiger partial charge in [-0.25, -0.2) is 4.39 Å². The molecule has 1 aromatic rings. The number of benzene rings is 1. The zero-order valence-corrected chi connectivity index (χ0v) is 10.1. The quantitative estimate of drug-likeness (QED) is 0.877. The van der Waals surface area contributed by atoms with Crippen LogP contribution in [0.1, 0.15) is 18.9 Å². The van der Waals surface area contributed by atoms with Gasteiger partial charge in [0.25, 0.3) is 0 Å². The van der Waals surface area contributed by atoms with E-state index in [-0.39, 0.29) is 5.82 Å². The summed E-state index contributed by atoms with van der Waals surface area (Å²) < 4.78 is 13.8. The molecule has 1 nitrogen and oxygen atoms in total. The van der Waals surface area contributed by atoms with Crippen molar-refractivity contribution in [2.24, 2.45) is 0 Å². The molecule has 0 radical (unpaired) electrons. The lowest BCUT2D eigenvalue weighted by molar-refractivity contribution is 0.562. The van der Waals surface area contributed by atoms with E-state index in [1.165, 1.54) is 6.07 Å². The van der Waals surface area contributed by atoms with Crippen LogP contribution in [0.2, 0.25) is 0 Å². The van der Waals surface area contributed by atoms with Crippen molar-refractivity contribution in [3.8, 4) is 0 Å². The summed E-state index contributed by atoms with van der Waals surface area (Å²) in [6.07, 6.45) is 1.92. The highest BCUT2D eigenvalue weighted by Crippen LogP contribution is 2.16. The van der Waals surface area contributed by atoms with Gasteiger partial charge in [-0.1, -0.05) is 15.9 Å². The van der Waals surface area contributed by atoms with E-state index in [0.717, 1.165) is 22.9 Å². The van der Waals surface area contributed by atoms with E-state index in [0.29, 0.717) is 6.04 Å². The first-order chi connectivity index (χ1) is 6.61. The minimum Gasteiger partial charge on any atom is -0.317 e. The van der Waals surface area contributed by atoms with Crippen LogP contribution in [0.3, 0.4) is 0 Å². The van der Waals surface area contributed by atoms with Crippen molar-refractivity contribution in [1.29, 1.82) is 0 Å². The van der Waals surface area contributed by atoms with E-state index in [2.05, 4.69) is 28.2 Å². The molecule has 0 aliphatic rings. The Kier molecular flexibility index (Phi) is 4.55. The molecule has 0 aliphatic carbocycles. The second kappa shape index (κ2) is 5.47. The van der Waals surface area contributed by atoms with Crippen molar-refractivity contribution in [3.05, 3.63) is 34.1 Å². The van der Waals surface area contributed by atoms with E-state index < -0.39 is 0 Å². The molecule has 3 heteroatoms. The fourth-order valence-electron chi connectivity index (χ4n) is 1.28. The Bertz CT molecular complexity index is 281. The van der Waals surface area contributed by atoms with Gasteiger partial charge in [-0.05, 0) is 50.6 Å². The minimum atomic E-state index is -0.175. The van der Waals surface area contributed by atoms with Crippen LogP contribution in [-0.4, -0.2) is 13.1 Å². The molecule has 0 bridgehead atoms. The normalized spacial score (nSPS) is 12.9. The van der Waals surface area contributed by atoms with Crippen LogP contribution in [0.25, 0.3) is 0 Å². The average Bonchev–Trinajstić information content (AvgIpc) is 2.12. The van der Waals surface area contributed by atoms with Crippen LogP contribution in [0.4, 0.5) is 4.39 Å². The summed E-state index contributed by atoms with van der Waals surface area (Å²) >= 11 is 3.28. The maximum Gasteiger partial charge on any atom is 0.124 e. The van der Waals surface area contributed by atoms with Gasteiger partial charge >= 0.3 is 0 Å². The van der Waals surface area contributed by atoms with E-state index in [1.54, 1.807) is 6.07 Å². The van der Waals surface area contributed by atoms with Crippen molar-refractivity contribution < 1.29 is 4.39 Å². The second-order valence-corrected chi connectivity index (χ2v) is 4.42. The molecular weight excluding hydrogens is 245 g/mol. The molecule has 1 atom stereocenters. The monoisotopic (exact) mass is 259 g/mol. The van der Waals surface area contributed by atoms with Gasteiger partial charge in [0.2, 0.25) is 0 Å². The molecule has 1 unspecified atom stereocenters. The second-order valence-electron chi connectivity index (χ2n) is 3.51.